The fourth-order valence-electron chi connectivity index (χ4n) is 1.14. The van der Waals surface area contributed by atoms with Crippen molar-refractivity contribution < 1.29 is 0 Å². The Labute approximate surface area is 76.1 Å². The van der Waals surface area contributed by atoms with Crippen LogP contribution in [0.4, 0.5) is 0 Å². The lowest BCUT2D eigenvalue weighted by Crippen LogP contribution is -1.74. The third-order valence-electron chi connectivity index (χ3n) is 1.63. The minimum Gasteiger partial charge on any atom is -0.0985 e. The highest BCUT2D eigenvalue weighted by Crippen LogP contribution is 2.30. The van der Waals surface area contributed by atoms with E-state index in [2.05, 4.69) is 40.7 Å². The van der Waals surface area contributed by atoms with Gasteiger partial charge in [0.1, 0.15) is 0 Å². The van der Waals surface area contributed by atoms with E-state index in [0.29, 0.717) is 0 Å². The summed E-state index contributed by atoms with van der Waals surface area (Å²) < 4.78 is 1.24. The summed E-state index contributed by atoms with van der Waals surface area (Å²) in [4.78, 5) is 0. The first-order valence-electron chi connectivity index (χ1n) is 3.62. The molecule has 1 heteroatoms. The molecule has 1 aliphatic carbocycles. The van der Waals surface area contributed by atoms with Crippen LogP contribution < -0.4 is 0 Å². The summed E-state index contributed by atoms with van der Waals surface area (Å²) in [6, 6.07) is 0. The molecular weight excluding hydrogens is 200 g/mol. The molecule has 58 valence electrons. The highest BCUT2D eigenvalue weighted by atomic mass is 79.9. The first-order valence-corrected chi connectivity index (χ1v) is 4.41. The quantitative estimate of drug-likeness (QED) is 0.652. The van der Waals surface area contributed by atoms with Crippen LogP contribution in [-0.2, 0) is 0 Å². The normalized spacial score (nSPS) is 17.8. The van der Waals surface area contributed by atoms with Crippen molar-refractivity contribution in [2.24, 2.45) is 0 Å². The van der Waals surface area contributed by atoms with Gasteiger partial charge in [-0.3, -0.25) is 0 Å². The molecule has 1 rings (SSSR count). The molecule has 1 aliphatic rings. The molecule has 11 heavy (non-hydrogen) atoms. The van der Waals surface area contributed by atoms with E-state index >= 15 is 0 Å². The van der Waals surface area contributed by atoms with Crippen molar-refractivity contribution in [3.05, 3.63) is 46.5 Å². The van der Waals surface area contributed by atoms with Crippen molar-refractivity contribution in [3.63, 3.8) is 0 Å². The van der Waals surface area contributed by atoms with E-state index < -0.39 is 0 Å². The fourth-order valence-corrected chi connectivity index (χ4v) is 1.69. The molecule has 0 nitrogen and oxygen atoms in total. The average Bonchev–Trinajstić information content (AvgIpc) is 2.32. The van der Waals surface area contributed by atoms with Gasteiger partial charge in [0.25, 0.3) is 0 Å². The van der Waals surface area contributed by atoms with Crippen LogP contribution in [0.15, 0.2) is 46.5 Å². The largest absolute Gasteiger partial charge is 0.0985 e. The zero-order valence-electron chi connectivity index (χ0n) is 6.60. The van der Waals surface area contributed by atoms with Gasteiger partial charge in [0.05, 0.1) is 0 Å². The molecule has 0 aromatic heterocycles. The Balaban J connectivity index is 2.89. The second-order valence-corrected chi connectivity index (χ2v) is 3.47. The third-order valence-corrected chi connectivity index (χ3v) is 2.14. The van der Waals surface area contributed by atoms with Gasteiger partial charge in [-0.25, -0.2) is 0 Å². The molecule has 0 radical (unpaired) electrons. The molecular formula is C10H11Br. The molecule has 0 fully saturated rings. The van der Waals surface area contributed by atoms with Crippen molar-refractivity contribution in [2.75, 3.05) is 0 Å². The second kappa shape index (κ2) is 3.72. The second-order valence-electron chi connectivity index (χ2n) is 2.45. The van der Waals surface area contributed by atoms with Crippen molar-refractivity contribution in [1.29, 1.82) is 0 Å². The summed E-state index contributed by atoms with van der Waals surface area (Å²) in [6.07, 6.45) is 9.19. The Morgan fingerprint density at radius 1 is 1.64 bits per heavy atom. The summed E-state index contributed by atoms with van der Waals surface area (Å²) in [5.41, 5.74) is 2.57. The van der Waals surface area contributed by atoms with Crippen LogP contribution in [-0.4, -0.2) is 0 Å². The van der Waals surface area contributed by atoms with Crippen molar-refractivity contribution in [2.45, 2.75) is 13.3 Å². The van der Waals surface area contributed by atoms with E-state index in [4.69, 9.17) is 0 Å². The molecule has 0 aromatic rings. The number of hydrogen-bond acceptors (Lipinski definition) is 0. The van der Waals surface area contributed by atoms with E-state index in [-0.39, 0.29) is 0 Å². The lowest BCUT2D eigenvalue weighted by Gasteiger charge is -1.94. The van der Waals surface area contributed by atoms with Crippen molar-refractivity contribution in [3.8, 4) is 0 Å². The lowest BCUT2D eigenvalue weighted by molar-refractivity contribution is 1.30. The van der Waals surface area contributed by atoms with Crippen molar-refractivity contribution in [1.82, 2.24) is 0 Å². The van der Waals surface area contributed by atoms with Gasteiger partial charge < -0.3 is 0 Å². The number of hydrogen-bond donors (Lipinski definition) is 0. The Hall–Kier alpha value is -0.560. The average molecular weight is 211 g/mol. The first-order chi connectivity index (χ1) is 5.27. The van der Waals surface area contributed by atoms with E-state index in [1.54, 1.807) is 0 Å². The molecule has 0 spiro atoms. The van der Waals surface area contributed by atoms with Crippen LogP contribution in [0.2, 0.25) is 0 Å². The van der Waals surface area contributed by atoms with Gasteiger partial charge >= 0.3 is 0 Å². The van der Waals surface area contributed by atoms with Crippen LogP contribution in [0.5, 0.6) is 0 Å². The molecule has 0 saturated carbocycles. The van der Waals surface area contributed by atoms with Crippen LogP contribution in [0.25, 0.3) is 0 Å². The Kier molecular flexibility index (Phi) is 2.89. The summed E-state index contributed by atoms with van der Waals surface area (Å²) >= 11 is 3.47. The predicted molar refractivity (Wildman–Crippen MR) is 53.7 cm³/mol. The highest BCUT2D eigenvalue weighted by Gasteiger charge is 2.08. The molecule has 0 unspecified atom stereocenters. The van der Waals surface area contributed by atoms with Crippen LogP contribution >= 0.6 is 15.9 Å². The highest BCUT2D eigenvalue weighted by molar-refractivity contribution is 9.11. The maximum atomic E-state index is 3.75. The van der Waals surface area contributed by atoms with Crippen LogP contribution in [0.1, 0.15) is 13.3 Å². The molecule has 0 aromatic carbocycles. The standard InChI is InChI=1S/C10H11Br/c1-3-5-9-7-10(11)6-8(9)4-2/h3-6H,2,7H2,1H3/b5-3-. The maximum absolute atomic E-state index is 3.75. The van der Waals surface area contributed by atoms with E-state index in [1.165, 1.54) is 15.6 Å². The van der Waals surface area contributed by atoms with Gasteiger partial charge in [-0.15, -0.1) is 0 Å². The van der Waals surface area contributed by atoms with Gasteiger partial charge in [-0.05, 0) is 24.1 Å². The molecule has 0 aliphatic heterocycles. The number of halogens is 1. The zero-order chi connectivity index (χ0) is 8.27. The van der Waals surface area contributed by atoms with Gasteiger partial charge in [-0.1, -0.05) is 40.7 Å². The molecule has 0 saturated heterocycles. The van der Waals surface area contributed by atoms with Gasteiger partial charge in [0.2, 0.25) is 0 Å². The van der Waals surface area contributed by atoms with E-state index in [0.717, 1.165) is 6.42 Å². The van der Waals surface area contributed by atoms with E-state index in [1.807, 2.05) is 13.0 Å². The Bertz CT molecular complexity index is 254. The molecule has 0 N–H and O–H groups in total. The SMILES string of the molecule is C=CC1=C(/C=C\C)CC(Br)=C1. The van der Waals surface area contributed by atoms with Gasteiger partial charge in [0, 0.05) is 10.9 Å². The number of allylic oxidation sites excluding steroid dienone is 7. The molecule has 0 bridgehead atoms. The topological polar surface area (TPSA) is 0 Å². The minimum absolute atomic E-state index is 1.01. The monoisotopic (exact) mass is 210 g/mol. The summed E-state index contributed by atoms with van der Waals surface area (Å²) in [5.74, 6) is 0. The molecule has 0 heterocycles. The third kappa shape index (κ3) is 1.93. The first kappa shape index (κ1) is 8.54. The maximum Gasteiger partial charge on any atom is 0.00467 e. The van der Waals surface area contributed by atoms with Crippen LogP contribution in [0.3, 0.4) is 0 Å². The smallest absolute Gasteiger partial charge is 0.00467 e. The minimum atomic E-state index is 1.01. The zero-order valence-corrected chi connectivity index (χ0v) is 8.19. The number of rotatable bonds is 2. The summed E-state index contributed by atoms with van der Waals surface area (Å²) in [6.45, 7) is 5.78. The van der Waals surface area contributed by atoms with Crippen LogP contribution in [0, 0.1) is 0 Å². The summed E-state index contributed by atoms with van der Waals surface area (Å²) in [5, 5.41) is 0. The van der Waals surface area contributed by atoms with Crippen molar-refractivity contribution >= 4 is 15.9 Å². The predicted octanol–water partition coefficient (Wildman–Crippen LogP) is 3.73. The molecule has 0 atom stereocenters. The Morgan fingerprint density at radius 3 is 2.91 bits per heavy atom. The lowest BCUT2D eigenvalue weighted by atomic mass is 10.1. The Morgan fingerprint density at radius 2 is 2.36 bits per heavy atom. The van der Waals surface area contributed by atoms with E-state index in [9.17, 15) is 0 Å². The van der Waals surface area contributed by atoms with Gasteiger partial charge in [-0.2, -0.15) is 0 Å². The molecule has 0 amide bonds. The van der Waals surface area contributed by atoms with Gasteiger partial charge in [0.15, 0.2) is 0 Å². The summed E-state index contributed by atoms with van der Waals surface area (Å²) in [7, 11) is 0. The fraction of sp³-hybridized carbons (Fsp3) is 0.200.